The third-order valence-electron chi connectivity index (χ3n) is 3.06. The predicted octanol–water partition coefficient (Wildman–Crippen LogP) is 3.31. The van der Waals surface area contributed by atoms with E-state index in [0.717, 1.165) is 5.82 Å². The Bertz CT molecular complexity index is 786. The molecule has 0 saturated carbocycles. The van der Waals surface area contributed by atoms with E-state index in [-0.39, 0.29) is 11.3 Å². The number of hydrogen-bond acceptors (Lipinski definition) is 4. The van der Waals surface area contributed by atoms with Crippen molar-refractivity contribution in [2.24, 2.45) is 0 Å². The molecule has 1 aromatic carbocycles. The summed E-state index contributed by atoms with van der Waals surface area (Å²) in [6.45, 7) is 6.24. The molecule has 0 aliphatic heterocycles. The van der Waals surface area contributed by atoms with Crippen molar-refractivity contribution in [1.29, 1.82) is 0 Å². The number of nitrogens with one attached hydrogen (secondary N) is 1. The summed E-state index contributed by atoms with van der Waals surface area (Å²) < 4.78 is 1.90. The van der Waals surface area contributed by atoms with E-state index in [2.05, 4.69) is 36.1 Å². The van der Waals surface area contributed by atoms with Crippen LogP contribution in [0.2, 0.25) is 0 Å². The van der Waals surface area contributed by atoms with Gasteiger partial charge in [0, 0.05) is 23.5 Å². The van der Waals surface area contributed by atoms with Crippen molar-refractivity contribution in [3.8, 4) is 17.0 Å². The number of anilines is 1. The Balaban J connectivity index is 2.27. The van der Waals surface area contributed by atoms with Crippen LogP contribution in [0.1, 0.15) is 20.8 Å². The third kappa shape index (κ3) is 2.54. The lowest BCUT2D eigenvalue weighted by atomic mass is 10.1. The maximum atomic E-state index is 10.1. The van der Waals surface area contributed by atoms with Crippen LogP contribution in [0.25, 0.3) is 17.0 Å². The van der Waals surface area contributed by atoms with E-state index in [1.807, 2.05) is 28.8 Å². The first-order chi connectivity index (χ1) is 9.96. The number of para-hydroxylation sites is 1. The molecule has 2 heterocycles. The summed E-state index contributed by atoms with van der Waals surface area (Å²) in [7, 11) is 0. The van der Waals surface area contributed by atoms with Crippen molar-refractivity contribution in [3.63, 3.8) is 0 Å². The van der Waals surface area contributed by atoms with Gasteiger partial charge in [0.25, 0.3) is 0 Å². The summed E-state index contributed by atoms with van der Waals surface area (Å²) in [5.74, 6) is 1.63. The monoisotopic (exact) mass is 282 g/mol. The molecule has 3 rings (SSSR count). The first-order valence-corrected chi connectivity index (χ1v) is 6.85. The lowest BCUT2D eigenvalue weighted by Crippen LogP contribution is -2.27. The average Bonchev–Trinajstić information content (AvgIpc) is 2.76. The molecule has 5 nitrogen and oxygen atoms in total. The van der Waals surface area contributed by atoms with Gasteiger partial charge in [0.1, 0.15) is 17.3 Å². The zero-order chi connectivity index (χ0) is 15.0. The Morgan fingerprint density at radius 1 is 1.14 bits per heavy atom. The Morgan fingerprint density at radius 3 is 2.62 bits per heavy atom. The summed E-state index contributed by atoms with van der Waals surface area (Å²) in [5.41, 5.74) is 1.25. The summed E-state index contributed by atoms with van der Waals surface area (Å²) in [4.78, 5) is 8.84. The van der Waals surface area contributed by atoms with Gasteiger partial charge in [-0.1, -0.05) is 12.1 Å². The average molecular weight is 282 g/mol. The maximum absolute atomic E-state index is 10.1. The van der Waals surface area contributed by atoms with Crippen molar-refractivity contribution < 1.29 is 5.11 Å². The molecule has 3 aromatic rings. The fourth-order valence-corrected chi connectivity index (χ4v) is 2.22. The number of benzene rings is 1. The summed E-state index contributed by atoms with van der Waals surface area (Å²) in [5, 5.41) is 13.6. The van der Waals surface area contributed by atoms with E-state index in [1.165, 1.54) is 0 Å². The van der Waals surface area contributed by atoms with Crippen molar-refractivity contribution in [1.82, 2.24) is 14.4 Å². The fraction of sp³-hybridized carbons (Fsp3) is 0.250. The molecule has 0 spiro atoms. The summed E-state index contributed by atoms with van der Waals surface area (Å²) >= 11 is 0. The quantitative estimate of drug-likeness (QED) is 0.757. The fourth-order valence-electron chi connectivity index (χ4n) is 2.22. The Kier molecular flexibility index (Phi) is 3.05. The highest BCUT2D eigenvalue weighted by molar-refractivity contribution is 5.79. The Labute approximate surface area is 123 Å². The number of fused-ring (bicyclic) bond motifs is 1. The van der Waals surface area contributed by atoms with Gasteiger partial charge in [-0.15, -0.1) is 0 Å². The van der Waals surface area contributed by atoms with Crippen LogP contribution in [0.3, 0.4) is 0 Å². The predicted molar refractivity (Wildman–Crippen MR) is 83.5 cm³/mol. The van der Waals surface area contributed by atoms with E-state index < -0.39 is 0 Å². The van der Waals surface area contributed by atoms with Gasteiger partial charge in [-0.25, -0.2) is 9.97 Å². The molecule has 2 N–H and O–H groups in total. The lowest BCUT2D eigenvalue weighted by molar-refractivity contribution is 0.477. The number of phenolic OH excluding ortho intramolecular Hbond substituents is 1. The normalized spacial score (nSPS) is 11.8. The SMILES string of the molecule is CC(C)(C)Nc1c(-c2ccccc2O)nc2ncccn12. The third-order valence-corrected chi connectivity index (χ3v) is 3.06. The molecular weight excluding hydrogens is 264 g/mol. The highest BCUT2D eigenvalue weighted by Crippen LogP contribution is 2.35. The minimum absolute atomic E-state index is 0.134. The second-order valence-electron chi connectivity index (χ2n) is 5.99. The van der Waals surface area contributed by atoms with Crippen LogP contribution in [0.4, 0.5) is 5.82 Å². The highest BCUT2D eigenvalue weighted by Gasteiger charge is 2.20. The van der Waals surface area contributed by atoms with Crippen molar-refractivity contribution in [2.45, 2.75) is 26.3 Å². The maximum Gasteiger partial charge on any atom is 0.235 e. The molecule has 0 unspecified atom stereocenters. The second-order valence-corrected chi connectivity index (χ2v) is 5.99. The van der Waals surface area contributed by atoms with Gasteiger partial charge in [0.15, 0.2) is 0 Å². The number of hydrogen-bond donors (Lipinski definition) is 2. The number of nitrogens with zero attached hydrogens (tertiary/aromatic N) is 3. The number of imidazole rings is 1. The van der Waals surface area contributed by atoms with E-state index >= 15 is 0 Å². The number of phenols is 1. The number of aromatic hydroxyl groups is 1. The molecule has 0 bridgehead atoms. The molecule has 0 aliphatic carbocycles. The minimum Gasteiger partial charge on any atom is -0.507 e. The second kappa shape index (κ2) is 4.77. The van der Waals surface area contributed by atoms with Gasteiger partial charge in [-0.2, -0.15) is 0 Å². The van der Waals surface area contributed by atoms with Crippen LogP contribution in [-0.4, -0.2) is 25.0 Å². The molecule has 0 radical (unpaired) electrons. The molecule has 0 amide bonds. The van der Waals surface area contributed by atoms with E-state index in [1.54, 1.807) is 18.3 Å². The Morgan fingerprint density at radius 2 is 1.90 bits per heavy atom. The van der Waals surface area contributed by atoms with Crippen LogP contribution in [-0.2, 0) is 0 Å². The van der Waals surface area contributed by atoms with Gasteiger partial charge >= 0.3 is 0 Å². The van der Waals surface area contributed by atoms with Crippen LogP contribution < -0.4 is 5.32 Å². The van der Waals surface area contributed by atoms with Gasteiger partial charge in [-0.3, -0.25) is 4.40 Å². The zero-order valence-corrected chi connectivity index (χ0v) is 12.3. The van der Waals surface area contributed by atoms with E-state index in [4.69, 9.17) is 0 Å². The molecule has 21 heavy (non-hydrogen) atoms. The number of rotatable bonds is 2. The number of aromatic nitrogens is 3. The van der Waals surface area contributed by atoms with Gasteiger partial charge in [0.05, 0.1) is 0 Å². The molecule has 0 fully saturated rings. The van der Waals surface area contributed by atoms with Crippen molar-refractivity contribution in [3.05, 3.63) is 42.7 Å². The zero-order valence-electron chi connectivity index (χ0n) is 12.3. The largest absolute Gasteiger partial charge is 0.507 e. The molecule has 0 aliphatic rings. The van der Waals surface area contributed by atoms with Crippen LogP contribution >= 0.6 is 0 Å². The first-order valence-electron chi connectivity index (χ1n) is 6.85. The van der Waals surface area contributed by atoms with E-state index in [9.17, 15) is 5.11 Å². The van der Waals surface area contributed by atoms with Crippen LogP contribution in [0, 0.1) is 0 Å². The van der Waals surface area contributed by atoms with Crippen molar-refractivity contribution in [2.75, 3.05) is 5.32 Å². The van der Waals surface area contributed by atoms with Crippen LogP contribution in [0.5, 0.6) is 5.75 Å². The highest BCUT2D eigenvalue weighted by atomic mass is 16.3. The molecule has 0 saturated heterocycles. The first kappa shape index (κ1) is 13.4. The standard InChI is InChI=1S/C16H18N4O/c1-16(2,3)19-14-13(11-7-4-5-8-12(11)21)18-15-17-9-6-10-20(14)15/h4-10,19,21H,1-3H3. The van der Waals surface area contributed by atoms with Gasteiger partial charge < -0.3 is 10.4 Å². The molecule has 5 heteroatoms. The molecule has 0 atom stereocenters. The van der Waals surface area contributed by atoms with Crippen molar-refractivity contribution >= 4 is 11.6 Å². The summed E-state index contributed by atoms with van der Waals surface area (Å²) in [6, 6.07) is 9.05. The molecule has 108 valence electrons. The topological polar surface area (TPSA) is 62.5 Å². The van der Waals surface area contributed by atoms with Crippen LogP contribution in [0.15, 0.2) is 42.7 Å². The minimum atomic E-state index is -0.134. The lowest BCUT2D eigenvalue weighted by Gasteiger charge is -2.22. The smallest absolute Gasteiger partial charge is 0.235 e. The molecular formula is C16H18N4O. The Hall–Kier alpha value is -2.56. The molecule has 2 aromatic heterocycles. The van der Waals surface area contributed by atoms with E-state index in [0.29, 0.717) is 17.0 Å². The van der Waals surface area contributed by atoms with Gasteiger partial charge in [0.2, 0.25) is 5.78 Å². The van der Waals surface area contributed by atoms with Gasteiger partial charge in [-0.05, 0) is 39.0 Å². The summed E-state index contributed by atoms with van der Waals surface area (Å²) in [6.07, 6.45) is 3.62.